The topological polar surface area (TPSA) is 79.2 Å². The van der Waals surface area contributed by atoms with Crippen LogP contribution in [0.3, 0.4) is 0 Å². The number of hydrogen-bond donors (Lipinski definition) is 0. The SMILES string of the molecule is [Cl][Ru+].c1ccncc1.c1ccncc1.c1cnn([B-](n2cccn2)n2cccn2)c1. The van der Waals surface area contributed by atoms with Crippen LogP contribution in [-0.4, -0.2) is 46.2 Å². The second-order valence-corrected chi connectivity index (χ2v) is 5.35. The summed E-state index contributed by atoms with van der Waals surface area (Å²) in [6, 6.07) is 17.1. The van der Waals surface area contributed by atoms with Crippen LogP contribution in [0.15, 0.2) is 117 Å². The molecule has 30 heavy (non-hydrogen) atoms. The standard InChI is InChI=1S/C9H9BN6.2C5H5N.ClH.Ru/c1-4-11-14(7-1)10(15-8-2-5-12-15)16-9-3-6-13-16;2*1-2-4-6-5-3-1;;/h1-9H;2*1-5H;1H;/q-1;;;;+2/p-1. The third-order valence-corrected chi connectivity index (χ3v) is 3.42. The molecule has 8 nitrogen and oxygen atoms in total. The zero-order chi connectivity index (χ0) is 21.3. The van der Waals surface area contributed by atoms with Gasteiger partial charge in [-0.3, -0.25) is 9.97 Å². The van der Waals surface area contributed by atoms with Crippen LogP contribution in [-0.2, 0) is 17.3 Å². The second-order valence-electron chi connectivity index (χ2n) is 5.35. The van der Waals surface area contributed by atoms with Gasteiger partial charge in [0.1, 0.15) is 0 Å². The Morgan fingerprint density at radius 2 is 0.800 bits per heavy atom. The van der Waals surface area contributed by atoms with Gasteiger partial charge in [0.2, 0.25) is 0 Å². The van der Waals surface area contributed by atoms with E-state index < -0.39 is 0 Å². The van der Waals surface area contributed by atoms with Crippen LogP contribution in [0.25, 0.3) is 0 Å². The second kappa shape index (κ2) is 14.8. The van der Waals surface area contributed by atoms with E-state index in [1.807, 2.05) is 90.5 Å². The zero-order valence-electron chi connectivity index (χ0n) is 15.9. The Kier molecular flexibility index (Phi) is 11.5. The summed E-state index contributed by atoms with van der Waals surface area (Å²) in [5, 5.41) is 12.7. The van der Waals surface area contributed by atoms with Gasteiger partial charge in [0.15, 0.2) is 0 Å². The molecule has 0 spiro atoms. The van der Waals surface area contributed by atoms with Gasteiger partial charge in [-0.1, -0.05) is 12.1 Å². The van der Waals surface area contributed by atoms with Crippen LogP contribution in [0.1, 0.15) is 0 Å². The van der Waals surface area contributed by atoms with Gasteiger partial charge in [-0.05, 0) is 61.1 Å². The van der Waals surface area contributed by atoms with E-state index in [1.165, 1.54) is 0 Å². The van der Waals surface area contributed by atoms with Crippen molar-refractivity contribution in [2.75, 3.05) is 0 Å². The van der Waals surface area contributed by atoms with Crippen molar-refractivity contribution in [3.8, 4) is 0 Å². The molecular formula is C19H19BClN8Ru. The largest absolute Gasteiger partial charge is 0.425 e. The average molecular weight is 507 g/mol. The summed E-state index contributed by atoms with van der Waals surface area (Å²) < 4.78 is 5.38. The number of nitrogens with zero attached hydrogens (tertiary/aromatic N) is 8. The van der Waals surface area contributed by atoms with Crippen LogP contribution >= 0.6 is 9.69 Å². The Balaban J connectivity index is 0.000000188. The molecule has 0 atom stereocenters. The van der Waals surface area contributed by atoms with Crippen molar-refractivity contribution < 1.29 is 17.3 Å². The van der Waals surface area contributed by atoms with E-state index in [1.54, 1.807) is 57.2 Å². The fourth-order valence-electron chi connectivity index (χ4n) is 2.24. The predicted octanol–water partition coefficient (Wildman–Crippen LogP) is 3.06. The van der Waals surface area contributed by atoms with Crippen molar-refractivity contribution in [3.63, 3.8) is 0 Å². The summed E-state index contributed by atoms with van der Waals surface area (Å²) in [5.74, 6) is 0. The van der Waals surface area contributed by atoms with Gasteiger partial charge in [0.25, 0.3) is 7.12 Å². The molecule has 0 aliphatic heterocycles. The molecule has 11 heteroatoms. The minimum atomic E-state index is -0.194. The van der Waals surface area contributed by atoms with Crippen LogP contribution < -0.4 is 0 Å². The predicted molar refractivity (Wildman–Crippen MR) is 113 cm³/mol. The summed E-state index contributed by atoms with van der Waals surface area (Å²) in [6.45, 7) is 0. The van der Waals surface area contributed by atoms with Crippen molar-refractivity contribution in [3.05, 3.63) is 117 Å². The monoisotopic (exact) mass is 507 g/mol. The molecule has 1 radical (unpaired) electrons. The molecule has 0 amide bonds. The fourth-order valence-corrected chi connectivity index (χ4v) is 2.24. The molecule has 5 rings (SSSR count). The fraction of sp³-hybridized carbons (Fsp3) is 0. The van der Waals surface area contributed by atoms with Gasteiger partial charge < -0.3 is 13.8 Å². The minimum absolute atomic E-state index is 0.194. The maximum atomic E-state index is 4.57. The minimum Gasteiger partial charge on any atom is -0.425 e. The number of rotatable bonds is 3. The van der Waals surface area contributed by atoms with E-state index in [0.29, 0.717) is 0 Å². The Morgan fingerprint density at radius 3 is 0.967 bits per heavy atom. The number of aromatic nitrogens is 8. The molecule has 153 valence electrons. The molecule has 5 aromatic rings. The van der Waals surface area contributed by atoms with Crippen LogP contribution in [0.4, 0.5) is 0 Å². The number of halogens is 1. The van der Waals surface area contributed by atoms with Gasteiger partial charge in [0.05, 0.1) is 0 Å². The van der Waals surface area contributed by atoms with E-state index in [-0.39, 0.29) is 7.12 Å². The Morgan fingerprint density at radius 1 is 0.467 bits per heavy atom. The first-order valence-corrected chi connectivity index (χ1v) is 11.0. The molecule has 5 heterocycles. The molecule has 0 aliphatic rings. The first-order valence-electron chi connectivity index (χ1n) is 8.76. The van der Waals surface area contributed by atoms with Crippen molar-refractivity contribution in [2.24, 2.45) is 0 Å². The molecule has 0 fully saturated rings. The molecule has 5 aromatic heterocycles. The van der Waals surface area contributed by atoms with Gasteiger partial charge in [-0.15, -0.1) is 0 Å². The molecule has 0 saturated carbocycles. The maximum absolute atomic E-state index is 4.57. The third kappa shape index (κ3) is 8.11. The Hall–Kier alpha value is -3.09. The average Bonchev–Trinajstić information content (AvgIpc) is 3.64. The maximum Gasteiger partial charge on any atom is 0.260 e. The summed E-state index contributed by atoms with van der Waals surface area (Å²) in [4.78, 5) is 7.57. The molecule has 0 aromatic carbocycles. The molecule has 0 unspecified atom stereocenters. The van der Waals surface area contributed by atoms with Crippen LogP contribution in [0.2, 0.25) is 0 Å². The summed E-state index contributed by atoms with van der Waals surface area (Å²) in [5.41, 5.74) is 0. The van der Waals surface area contributed by atoms with E-state index in [0.717, 1.165) is 0 Å². The summed E-state index contributed by atoms with van der Waals surface area (Å²) >= 11 is 1.82. The first-order chi connectivity index (χ1) is 14.9. The first kappa shape index (κ1) is 23.2. The molecule has 0 saturated heterocycles. The van der Waals surface area contributed by atoms with Crippen molar-refractivity contribution in [1.29, 1.82) is 0 Å². The summed E-state index contributed by atoms with van der Waals surface area (Å²) in [7, 11) is 4.37. The molecule has 0 N–H and O–H groups in total. The number of pyridine rings is 2. The van der Waals surface area contributed by atoms with Crippen molar-refractivity contribution in [2.45, 2.75) is 0 Å². The molecular weight excluding hydrogens is 488 g/mol. The quantitative estimate of drug-likeness (QED) is 0.352. The van der Waals surface area contributed by atoms with E-state index in [9.17, 15) is 0 Å². The number of hydrogen-bond acceptors (Lipinski definition) is 5. The van der Waals surface area contributed by atoms with Crippen LogP contribution in [0.5, 0.6) is 0 Å². The summed E-state index contributed by atoms with van der Waals surface area (Å²) in [6.07, 6.45) is 17.9. The van der Waals surface area contributed by atoms with E-state index in [2.05, 4.69) is 35.0 Å². The molecule has 0 aliphatic carbocycles. The van der Waals surface area contributed by atoms with Crippen LogP contribution in [0, 0.1) is 0 Å². The smallest absolute Gasteiger partial charge is 0.260 e. The van der Waals surface area contributed by atoms with Gasteiger partial charge >= 0.3 is 27.0 Å². The Bertz CT molecular complexity index is 802. The van der Waals surface area contributed by atoms with Gasteiger partial charge in [-0.2, -0.15) is 0 Å². The normalized spacial score (nSPS) is 9.30. The molecule has 0 bridgehead atoms. The van der Waals surface area contributed by atoms with E-state index in [4.69, 9.17) is 0 Å². The zero-order valence-corrected chi connectivity index (χ0v) is 18.4. The third-order valence-electron chi connectivity index (χ3n) is 3.42. The Labute approximate surface area is 189 Å². The van der Waals surface area contributed by atoms with Gasteiger partial charge in [-0.25, -0.2) is 15.3 Å². The van der Waals surface area contributed by atoms with Crippen molar-refractivity contribution in [1.82, 2.24) is 39.0 Å². The van der Waals surface area contributed by atoms with E-state index >= 15 is 0 Å². The van der Waals surface area contributed by atoms with Crippen molar-refractivity contribution >= 4 is 16.8 Å². The van der Waals surface area contributed by atoms with Gasteiger partial charge in [0, 0.05) is 43.4 Å².